The van der Waals surface area contributed by atoms with Crippen molar-refractivity contribution < 1.29 is 9.90 Å². The van der Waals surface area contributed by atoms with Crippen LogP contribution in [0.15, 0.2) is 30.6 Å². The van der Waals surface area contributed by atoms with Gasteiger partial charge >= 0.3 is 5.97 Å². The molecule has 2 rings (SSSR count). The van der Waals surface area contributed by atoms with Gasteiger partial charge in [-0.3, -0.25) is 0 Å². The van der Waals surface area contributed by atoms with E-state index in [0.29, 0.717) is 11.6 Å². The average Bonchev–Trinajstić information content (AvgIpc) is 2.79. The van der Waals surface area contributed by atoms with Crippen LogP contribution in [0.4, 0.5) is 0 Å². The Morgan fingerprint density at radius 2 is 2.26 bits per heavy atom. The number of benzene rings is 1. The van der Waals surface area contributed by atoms with Crippen LogP contribution >= 0.6 is 11.6 Å². The van der Waals surface area contributed by atoms with Gasteiger partial charge in [0, 0.05) is 23.8 Å². The van der Waals surface area contributed by atoms with E-state index in [1.165, 1.54) is 6.07 Å². The molecule has 0 aliphatic heterocycles. The van der Waals surface area contributed by atoms with Crippen LogP contribution in [0.2, 0.25) is 5.02 Å². The van der Waals surface area contributed by atoms with Gasteiger partial charge in [-0.05, 0) is 24.1 Å². The van der Waals surface area contributed by atoms with Gasteiger partial charge in [-0.15, -0.1) is 0 Å². The Morgan fingerprint density at radius 3 is 2.89 bits per heavy atom. The van der Waals surface area contributed by atoms with Gasteiger partial charge in [-0.25, -0.2) is 9.78 Å². The number of aromatic carboxylic acids is 1. The van der Waals surface area contributed by atoms with Crippen LogP contribution in [0, 0.1) is 0 Å². The van der Waals surface area contributed by atoms with E-state index >= 15 is 0 Å². The van der Waals surface area contributed by atoms with Gasteiger partial charge in [0.15, 0.2) is 0 Å². The van der Waals surface area contributed by atoms with Crippen molar-refractivity contribution >= 4 is 17.6 Å². The zero-order chi connectivity index (χ0) is 13.8. The summed E-state index contributed by atoms with van der Waals surface area (Å²) in [7, 11) is 0. The van der Waals surface area contributed by atoms with Gasteiger partial charge in [0.05, 0.1) is 12.1 Å². The molecule has 0 aliphatic rings. The Kier molecular flexibility index (Phi) is 4.22. The molecule has 0 amide bonds. The van der Waals surface area contributed by atoms with Gasteiger partial charge in [-0.2, -0.15) is 0 Å². The first kappa shape index (κ1) is 13.6. The molecule has 4 nitrogen and oxygen atoms in total. The fourth-order valence-electron chi connectivity index (χ4n) is 1.93. The molecule has 1 heterocycles. The average molecular weight is 279 g/mol. The number of aromatic nitrogens is 2. The first-order valence-electron chi connectivity index (χ1n) is 6.13. The fraction of sp³-hybridized carbons (Fsp3) is 0.286. The molecule has 0 radical (unpaired) electrons. The Hall–Kier alpha value is -1.81. The van der Waals surface area contributed by atoms with Crippen molar-refractivity contribution in [2.75, 3.05) is 0 Å². The molecule has 1 N–H and O–H groups in total. The van der Waals surface area contributed by atoms with Crippen LogP contribution in [-0.4, -0.2) is 20.6 Å². The van der Waals surface area contributed by atoms with Crippen molar-refractivity contribution in [1.29, 1.82) is 0 Å². The third-order valence-electron chi connectivity index (χ3n) is 2.92. The summed E-state index contributed by atoms with van der Waals surface area (Å²) in [6.45, 7) is 2.71. The molecule has 0 fully saturated rings. The lowest BCUT2D eigenvalue weighted by Crippen LogP contribution is -2.05. The normalized spacial score (nSPS) is 10.6. The van der Waals surface area contributed by atoms with Crippen LogP contribution in [0.1, 0.15) is 35.1 Å². The summed E-state index contributed by atoms with van der Waals surface area (Å²) in [5.41, 5.74) is 1.09. The van der Waals surface area contributed by atoms with E-state index in [0.717, 1.165) is 24.2 Å². The molecular weight excluding hydrogens is 264 g/mol. The van der Waals surface area contributed by atoms with Crippen molar-refractivity contribution in [3.63, 3.8) is 0 Å². The Balaban J connectivity index is 2.23. The number of carboxylic acids is 1. The number of carbonyl (C=O) groups is 1. The third-order valence-corrected chi connectivity index (χ3v) is 3.27. The predicted octanol–water partition coefficient (Wildman–Crippen LogP) is 3.24. The number of halogens is 1. The highest BCUT2D eigenvalue weighted by molar-refractivity contribution is 6.31. The lowest BCUT2D eigenvalue weighted by molar-refractivity contribution is 0.0697. The van der Waals surface area contributed by atoms with E-state index < -0.39 is 5.97 Å². The number of aryl methyl sites for hydroxylation is 1. The van der Waals surface area contributed by atoms with E-state index in [4.69, 9.17) is 16.7 Å². The van der Waals surface area contributed by atoms with Crippen LogP contribution in [0.5, 0.6) is 0 Å². The number of hydrogen-bond donors (Lipinski definition) is 1. The third kappa shape index (κ3) is 3.15. The quantitative estimate of drug-likeness (QED) is 0.913. The molecule has 0 aliphatic carbocycles. The van der Waals surface area contributed by atoms with E-state index in [9.17, 15) is 4.79 Å². The summed E-state index contributed by atoms with van der Waals surface area (Å²) < 4.78 is 2.03. The van der Waals surface area contributed by atoms with E-state index in [-0.39, 0.29) is 5.56 Å². The highest BCUT2D eigenvalue weighted by Crippen LogP contribution is 2.20. The van der Waals surface area contributed by atoms with Crippen molar-refractivity contribution in [2.24, 2.45) is 0 Å². The lowest BCUT2D eigenvalue weighted by Gasteiger charge is -2.09. The molecule has 0 saturated heterocycles. The molecule has 5 heteroatoms. The summed E-state index contributed by atoms with van der Waals surface area (Å²) in [6, 6.07) is 4.80. The smallest absolute Gasteiger partial charge is 0.335 e. The van der Waals surface area contributed by atoms with E-state index in [2.05, 4.69) is 11.9 Å². The second kappa shape index (κ2) is 5.89. The second-order valence-corrected chi connectivity index (χ2v) is 4.74. The first-order chi connectivity index (χ1) is 9.11. The van der Waals surface area contributed by atoms with Gasteiger partial charge in [-0.1, -0.05) is 24.6 Å². The molecule has 0 spiro atoms. The lowest BCUT2D eigenvalue weighted by atomic mass is 10.1. The maximum Gasteiger partial charge on any atom is 0.335 e. The van der Waals surface area contributed by atoms with Crippen molar-refractivity contribution in [3.8, 4) is 0 Å². The highest BCUT2D eigenvalue weighted by Gasteiger charge is 2.09. The molecule has 0 atom stereocenters. The molecule has 0 unspecified atom stereocenters. The van der Waals surface area contributed by atoms with Crippen LogP contribution < -0.4 is 0 Å². The number of imidazole rings is 1. The van der Waals surface area contributed by atoms with Crippen molar-refractivity contribution in [1.82, 2.24) is 9.55 Å². The van der Waals surface area contributed by atoms with Crippen LogP contribution in [-0.2, 0) is 13.0 Å². The molecule has 2 aromatic rings. The summed E-state index contributed by atoms with van der Waals surface area (Å²) in [5, 5.41) is 9.37. The predicted molar refractivity (Wildman–Crippen MR) is 73.7 cm³/mol. The van der Waals surface area contributed by atoms with Crippen molar-refractivity contribution in [2.45, 2.75) is 26.3 Å². The Bertz CT molecular complexity index is 593. The Labute approximate surface area is 116 Å². The highest BCUT2D eigenvalue weighted by atomic mass is 35.5. The summed E-state index contributed by atoms with van der Waals surface area (Å²) in [6.07, 6.45) is 5.62. The molecule has 1 aromatic heterocycles. The number of nitrogens with zero attached hydrogens (tertiary/aromatic N) is 2. The van der Waals surface area contributed by atoms with Crippen LogP contribution in [0.25, 0.3) is 0 Å². The molecule has 1 aromatic carbocycles. The molecule has 100 valence electrons. The van der Waals surface area contributed by atoms with Crippen LogP contribution in [0.3, 0.4) is 0 Å². The molecule has 19 heavy (non-hydrogen) atoms. The minimum Gasteiger partial charge on any atom is -0.478 e. The maximum atomic E-state index is 10.8. The maximum absolute atomic E-state index is 10.8. The van der Waals surface area contributed by atoms with Gasteiger partial charge < -0.3 is 9.67 Å². The zero-order valence-electron chi connectivity index (χ0n) is 10.6. The topological polar surface area (TPSA) is 55.1 Å². The van der Waals surface area contributed by atoms with Gasteiger partial charge in [0.25, 0.3) is 0 Å². The zero-order valence-corrected chi connectivity index (χ0v) is 11.4. The van der Waals surface area contributed by atoms with Gasteiger partial charge in [0.1, 0.15) is 5.82 Å². The van der Waals surface area contributed by atoms with Gasteiger partial charge in [0.2, 0.25) is 0 Å². The summed E-state index contributed by atoms with van der Waals surface area (Å²) in [5.74, 6) is 0.0450. The number of hydrogen-bond acceptors (Lipinski definition) is 2. The number of carboxylic acid groups (broad SMARTS) is 1. The molecule has 0 saturated carbocycles. The molecular formula is C14H15ClN2O2. The van der Waals surface area contributed by atoms with Crippen molar-refractivity contribution in [3.05, 3.63) is 52.6 Å². The SMILES string of the molecule is CCCc1nccn1Cc1ccc(C(=O)O)cc1Cl. The standard InChI is InChI=1S/C14H15ClN2O2/c1-2-3-13-16-6-7-17(13)9-11-5-4-10(14(18)19)8-12(11)15/h4-8H,2-3,9H2,1H3,(H,18,19). The first-order valence-corrected chi connectivity index (χ1v) is 6.51. The van der Waals surface area contributed by atoms with E-state index in [1.807, 2.05) is 10.8 Å². The fourth-order valence-corrected chi connectivity index (χ4v) is 2.17. The summed E-state index contributed by atoms with van der Waals surface area (Å²) in [4.78, 5) is 15.2. The second-order valence-electron chi connectivity index (χ2n) is 4.33. The number of rotatable bonds is 5. The largest absolute Gasteiger partial charge is 0.478 e. The summed E-state index contributed by atoms with van der Waals surface area (Å²) >= 11 is 6.12. The monoisotopic (exact) mass is 278 g/mol. The minimum atomic E-state index is -0.970. The Morgan fingerprint density at radius 1 is 1.47 bits per heavy atom. The minimum absolute atomic E-state index is 0.202. The van der Waals surface area contributed by atoms with E-state index in [1.54, 1.807) is 18.3 Å². The molecule has 0 bridgehead atoms.